The van der Waals surface area contributed by atoms with E-state index in [0.717, 1.165) is 30.8 Å². The van der Waals surface area contributed by atoms with E-state index in [4.69, 9.17) is 0 Å². The summed E-state index contributed by atoms with van der Waals surface area (Å²) >= 11 is 0. The molecular formula is C18H19N5O2. The highest BCUT2D eigenvalue weighted by molar-refractivity contribution is 5.38. The second kappa shape index (κ2) is 6.52. The largest absolute Gasteiger partial charge is 0.382 e. The van der Waals surface area contributed by atoms with Gasteiger partial charge in [-0.3, -0.25) is 9.48 Å². The van der Waals surface area contributed by atoms with Crippen molar-refractivity contribution in [1.82, 2.24) is 19.7 Å². The number of aliphatic hydroxyl groups is 1. The minimum atomic E-state index is -0.744. The van der Waals surface area contributed by atoms with E-state index in [0.29, 0.717) is 18.1 Å². The first-order valence-electron chi connectivity index (χ1n) is 8.30. The molecule has 7 nitrogen and oxygen atoms in total. The smallest absolute Gasteiger partial charge is 0.252 e. The molecule has 128 valence electrons. The van der Waals surface area contributed by atoms with Crippen LogP contribution in [0.4, 0.5) is 5.82 Å². The molecule has 2 aromatic heterocycles. The number of hydrogen-bond donors (Lipinski definition) is 2. The Morgan fingerprint density at radius 2 is 2.00 bits per heavy atom. The predicted molar refractivity (Wildman–Crippen MR) is 93.3 cm³/mol. The molecule has 0 saturated carbocycles. The van der Waals surface area contributed by atoms with Crippen molar-refractivity contribution in [2.24, 2.45) is 0 Å². The number of benzene rings is 1. The van der Waals surface area contributed by atoms with E-state index in [1.54, 1.807) is 0 Å². The number of aliphatic hydroxyl groups excluding tert-OH is 1. The first-order valence-corrected chi connectivity index (χ1v) is 8.30. The van der Waals surface area contributed by atoms with Crippen LogP contribution in [-0.4, -0.2) is 31.4 Å². The van der Waals surface area contributed by atoms with Crippen LogP contribution in [0.25, 0.3) is 0 Å². The monoisotopic (exact) mass is 337 g/mol. The van der Waals surface area contributed by atoms with Crippen LogP contribution in [-0.2, 0) is 13.1 Å². The van der Waals surface area contributed by atoms with Crippen LogP contribution in [0.2, 0.25) is 0 Å². The number of aryl methyl sites for hydroxylation is 1. The quantitative estimate of drug-likeness (QED) is 0.755. The number of rotatable bonds is 3. The molecule has 0 amide bonds. The maximum absolute atomic E-state index is 11.5. The van der Waals surface area contributed by atoms with Crippen molar-refractivity contribution in [2.75, 3.05) is 11.4 Å². The number of fused-ring (bicyclic) bond motifs is 1. The van der Waals surface area contributed by atoms with Gasteiger partial charge in [-0.25, -0.2) is 4.98 Å². The minimum absolute atomic E-state index is 0.164. The Morgan fingerprint density at radius 3 is 2.80 bits per heavy atom. The molecule has 3 aromatic rings. The Hall–Kier alpha value is -2.93. The van der Waals surface area contributed by atoms with Crippen molar-refractivity contribution in [3.63, 3.8) is 0 Å². The maximum atomic E-state index is 11.5. The molecule has 0 spiro atoms. The Morgan fingerprint density at radius 1 is 1.16 bits per heavy atom. The van der Waals surface area contributed by atoms with Crippen molar-refractivity contribution < 1.29 is 5.11 Å². The lowest BCUT2D eigenvalue weighted by Crippen LogP contribution is -2.25. The van der Waals surface area contributed by atoms with Crippen LogP contribution in [0.5, 0.6) is 0 Å². The van der Waals surface area contributed by atoms with Gasteiger partial charge in [0.2, 0.25) is 0 Å². The fourth-order valence-electron chi connectivity index (χ4n) is 3.15. The number of nitrogens with one attached hydrogen (secondary N) is 1. The predicted octanol–water partition coefficient (Wildman–Crippen LogP) is 1.46. The Balaban J connectivity index is 1.62. The Labute approximate surface area is 144 Å². The third-order valence-corrected chi connectivity index (χ3v) is 4.42. The van der Waals surface area contributed by atoms with Crippen LogP contribution >= 0.6 is 0 Å². The SMILES string of the molecule is O=c1cc(N2CCCn3nc([C@@H](O)c4ccccc4)cc3C2)nc[nH]1. The molecule has 1 aromatic carbocycles. The first kappa shape index (κ1) is 15.6. The average molecular weight is 337 g/mol. The van der Waals surface area contributed by atoms with Crippen molar-refractivity contribution in [3.05, 3.63) is 76.1 Å². The molecule has 0 aliphatic carbocycles. The van der Waals surface area contributed by atoms with E-state index < -0.39 is 6.10 Å². The normalized spacial score (nSPS) is 15.5. The van der Waals surface area contributed by atoms with Gasteiger partial charge in [-0.1, -0.05) is 30.3 Å². The standard InChI is InChI=1S/C18H19N5O2/c24-17-10-16(19-12-20-17)22-7-4-8-23-14(11-22)9-15(21-23)18(25)13-5-2-1-3-6-13/h1-3,5-6,9-10,12,18,25H,4,7-8,11H2,(H,19,20,24)/t18-/m0/s1. The maximum Gasteiger partial charge on any atom is 0.252 e. The first-order chi connectivity index (χ1) is 12.2. The topological polar surface area (TPSA) is 87.0 Å². The van der Waals surface area contributed by atoms with Gasteiger partial charge >= 0.3 is 0 Å². The van der Waals surface area contributed by atoms with Gasteiger partial charge in [0.15, 0.2) is 0 Å². The molecule has 2 N–H and O–H groups in total. The summed E-state index contributed by atoms with van der Waals surface area (Å²) < 4.78 is 1.94. The molecule has 0 saturated heterocycles. The molecule has 0 radical (unpaired) electrons. The lowest BCUT2D eigenvalue weighted by molar-refractivity contribution is 0.214. The van der Waals surface area contributed by atoms with Crippen LogP contribution in [0.1, 0.15) is 29.5 Å². The van der Waals surface area contributed by atoms with Gasteiger partial charge in [0.05, 0.1) is 24.3 Å². The van der Waals surface area contributed by atoms with E-state index in [-0.39, 0.29) is 5.56 Å². The molecule has 25 heavy (non-hydrogen) atoms. The van der Waals surface area contributed by atoms with Gasteiger partial charge in [-0.2, -0.15) is 5.10 Å². The molecule has 0 bridgehead atoms. The van der Waals surface area contributed by atoms with Crippen molar-refractivity contribution in [3.8, 4) is 0 Å². The van der Waals surface area contributed by atoms with Gasteiger partial charge in [-0.05, 0) is 18.1 Å². The highest BCUT2D eigenvalue weighted by Crippen LogP contribution is 2.24. The zero-order valence-corrected chi connectivity index (χ0v) is 13.7. The summed E-state index contributed by atoms with van der Waals surface area (Å²) in [5.41, 5.74) is 2.30. The molecule has 0 unspecified atom stereocenters. The number of aromatic amines is 1. The molecule has 1 aliphatic rings. The minimum Gasteiger partial charge on any atom is -0.382 e. The highest BCUT2D eigenvalue weighted by Gasteiger charge is 2.21. The van der Waals surface area contributed by atoms with E-state index in [2.05, 4.69) is 20.0 Å². The molecule has 7 heteroatoms. The highest BCUT2D eigenvalue weighted by atomic mass is 16.3. The van der Waals surface area contributed by atoms with Gasteiger partial charge in [-0.15, -0.1) is 0 Å². The number of H-pyrrole nitrogens is 1. The summed E-state index contributed by atoms with van der Waals surface area (Å²) in [4.78, 5) is 20.4. The molecule has 4 rings (SSSR count). The molecule has 1 atom stereocenters. The van der Waals surface area contributed by atoms with Crippen molar-refractivity contribution >= 4 is 5.82 Å². The van der Waals surface area contributed by atoms with Crippen molar-refractivity contribution in [2.45, 2.75) is 25.6 Å². The lowest BCUT2D eigenvalue weighted by Gasteiger charge is -2.20. The molecule has 1 aliphatic heterocycles. The number of nitrogens with zero attached hydrogens (tertiary/aromatic N) is 4. The van der Waals surface area contributed by atoms with Crippen molar-refractivity contribution in [1.29, 1.82) is 0 Å². The Kier molecular flexibility index (Phi) is 4.07. The number of anilines is 1. The van der Waals surface area contributed by atoms with Gasteiger partial charge < -0.3 is 15.0 Å². The van der Waals surface area contributed by atoms with E-state index in [9.17, 15) is 9.90 Å². The van der Waals surface area contributed by atoms with E-state index in [1.165, 1.54) is 12.4 Å². The summed E-state index contributed by atoms with van der Waals surface area (Å²) in [5, 5.41) is 15.2. The molecular weight excluding hydrogens is 318 g/mol. The second-order valence-corrected chi connectivity index (χ2v) is 6.14. The van der Waals surface area contributed by atoms with Crippen LogP contribution in [0, 0.1) is 0 Å². The molecule has 0 fully saturated rings. The summed E-state index contributed by atoms with van der Waals surface area (Å²) in [6, 6.07) is 12.9. The van der Waals surface area contributed by atoms with Crippen LogP contribution in [0.15, 0.2) is 53.6 Å². The third-order valence-electron chi connectivity index (χ3n) is 4.42. The lowest BCUT2D eigenvalue weighted by atomic mass is 10.1. The number of hydrogen-bond acceptors (Lipinski definition) is 5. The second-order valence-electron chi connectivity index (χ2n) is 6.14. The summed E-state index contributed by atoms with van der Waals surface area (Å²) in [6.45, 7) is 2.18. The Bertz CT molecular complexity index is 918. The van der Waals surface area contributed by atoms with Crippen LogP contribution in [0.3, 0.4) is 0 Å². The zero-order chi connectivity index (χ0) is 17.2. The zero-order valence-electron chi connectivity index (χ0n) is 13.7. The summed E-state index contributed by atoms with van der Waals surface area (Å²) in [6.07, 6.45) is 1.57. The fraction of sp³-hybridized carbons (Fsp3) is 0.278. The average Bonchev–Trinajstić information content (AvgIpc) is 2.93. The van der Waals surface area contributed by atoms with E-state index >= 15 is 0 Å². The summed E-state index contributed by atoms with van der Waals surface area (Å²) in [7, 11) is 0. The third kappa shape index (κ3) is 3.18. The fourth-order valence-corrected chi connectivity index (χ4v) is 3.15. The van der Waals surface area contributed by atoms with Gasteiger partial charge in [0.25, 0.3) is 5.56 Å². The summed E-state index contributed by atoms with van der Waals surface area (Å²) in [5.74, 6) is 0.656. The molecule has 3 heterocycles. The van der Waals surface area contributed by atoms with Gasteiger partial charge in [0.1, 0.15) is 11.9 Å². The van der Waals surface area contributed by atoms with Gasteiger partial charge in [0, 0.05) is 19.2 Å². The number of aromatic nitrogens is 4. The van der Waals surface area contributed by atoms with E-state index in [1.807, 2.05) is 41.1 Å². The van der Waals surface area contributed by atoms with Crippen LogP contribution < -0.4 is 10.5 Å².